The summed E-state index contributed by atoms with van der Waals surface area (Å²) in [5.74, 6) is 0.806. The van der Waals surface area contributed by atoms with Crippen molar-refractivity contribution in [3.05, 3.63) is 0 Å². The first kappa shape index (κ1) is 13.4. The highest BCUT2D eigenvalue weighted by Crippen LogP contribution is 2.38. The molecular formula is C15H30N2. The van der Waals surface area contributed by atoms with Crippen LogP contribution in [0.5, 0.6) is 0 Å². The maximum absolute atomic E-state index is 3.59. The van der Waals surface area contributed by atoms with Crippen LogP contribution >= 0.6 is 0 Å². The van der Waals surface area contributed by atoms with E-state index in [4.69, 9.17) is 0 Å². The normalized spacial score (nSPS) is 29.5. The number of hydrogen-bond donors (Lipinski definition) is 1. The molecule has 0 radical (unpaired) electrons. The highest BCUT2D eigenvalue weighted by Gasteiger charge is 2.41. The van der Waals surface area contributed by atoms with Gasteiger partial charge in [0.25, 0.3) is 0 Å². The lowest BCUT2D eigenvalue weighted by atomic mass is 9.76. The molecule has 1 saturated heterocycles. The molecule has 1 aliphatic heterocycles. The summed E-state index contributed by atoms with van der Waals surface area (Å²) in [6, 6.07) is 0.928. The van der Waals surface area contributed by atoms with Crippen LogP contribution in [-0.4, -0.2) is 37.1 Å². The largest absolute Gasteiger partial charge is 0.316 e. The molecule has 2 heteroatoms. The molecule has 1 atom stereocenters. The Kier molecular flexibility index (Phi) is 4.48. The monoisotopic (exact) mass is 238 g/mol. The van der Waals surface area contributed by atoms with Crippen molar-refractivity contribution in [1.82, 2.24) is 10.2 Å². The standard InChI is InChI=1S/C15H30N2/c1-4-5-10-17(14-6-7-14)12-15(13(2)3)8-9-16-11-15/h13-14,16H,4-12H2,1-3H3. The lowest BCUT2D eigenvalue weighted by molar-refractivity contribution is 0.110. The van der Waals surface area contributed by atoms with Crippen molar-refractivity contribution >= 4 is 0 Å². The van der Waals surface area contributed by atoms with Crippen molar-refractivity contribution in [2.75, 3.05) is 26.2 Å². The highest BCUT2D eigenvalue weighted by molar-refractivity contribution is 4.96. The molecule has 0 spiro atoms. The highest BCUT2D eigenvalue weighted by atomic mass is 15.2. The van der Waals surface area contributed by atoms with E-state index < -0.39 is 0 Å². The van der Waals surface area contributed by atoms with Gasteiger partial charge in [0.15, 0.2) is 0 Å². The second-order valence-corrected chi connectivity index (χ2v) is 6.50. The first-order chi connectivity index (χ1) is 8.18. The molecule has 1 unspecified atom stereocenters. The van der Waals surface area contributed by atoms with E-state index in [0.717, 1.165) is 12.0 Å². The summed E-state index contributed by atoms with van der Waals surface area (Å²) < 4.78 is 0. The third-order valence-electron chi connectivity index (χ3n) is 4.88. The van der Waals surface area contributed by atoms with Gasteiger partial charge in [0.05, 0.1) is 0 Å². The topological polar surface area (TPSA) is 15.3 Å². The molecule has 17 heavy (non-hydrogen) atoms. The number of rotatable bonds is 7. The van der Waals surface area contributed by atoms with E-state index in [0.29, 0.717) is 5.41 Å². The minimum atomic E-state index is 0.552. The molecule has 100 valence electrons. The van der Waals surface area contributed by atoms with Gasteiger partial charge in [-0.25, -0.2) is 0 Å². The molecule has 2 rings (SSSR count). The summed E-state index contributed by atoms with van der Waals surface area (Å²) in [7, 11) is 0. The molecule has 1 aliphatic carbocycles. The molecule has 2 fully saturated rings. The molecule has 1 saturated carbocycles. The van der Waals surface area contributed by atoms with Gasteiger partial charge < -0.3 is 5.32 Å². The fraction of sp³-hybridized carbons (Fsp3) is 1.00. The average Bonchev–Trinajstić information content (AvgIpc) is 3.04. The van der Waals surface area contributed by atoms with Crippen molar-refractivity contribution in [3.63, 3.8) is 0 Å². The summed E-state index contributed by atoms with van der Waals surface area (Å²) in [6.07, 6.45) is 6.98. The van der Waals surface area contributed by atoms with Crippen LogP contribution in [0.2, 0.25) is 0 Å². The molecule has 0 aromatic carbocycles. The second kappa shape index (κ2) is 5.71. The van der Waals surface area contributed by atoms with Gasteiger partial charge in [-0.1, -0.05) is 27.2 Å². The molecule has 0 bridgehead atoms. The maximum Gasteiger partial charge on any atom is 0.00966 e. The predicted molar refractivity (Wildman–Crippen MR) is 74.3 cm³/mol. The lowest BCUT2D eigenvalue weighted by Gasteiger charge is -2.38. The van der Waals surface area contributed by atoms with E-state index in [1.54, 1.807) is 0 Å². The molecule has 1 N–H and O–H groups in total. The summed E-state index contributed by atoms with van der Waals surface area (Å²) in [5.41, 5.74) is 0.552. The zero-order valence-corrected chi connectivity index (χ0v) is 12.0. The molecule has 0 amide bonds. The van der Waals surface area contributed by atoms with Crippen LogP contribution in [0.25, 0.3) is 0 Å². The summed E-state index contributed by atoms with van der Waals surface area (Å²) >= 11 is 0. The fourth-order valence-corrected chi connectivity index (χ4v) is 3.17. The smallest absolute Gasteiger partial charge is 0.00966 e. The van der Waals surface area contributed by atoms with Gasteiger partial charge in [0.1, 0.15) is 0 Å². The van der Waals surface area contributed by atoms with Crippen molar-refractivity contribution in [2.45, 2.75) is 58.9 Å². The van der Waals surface area contributed by atoms with Crippen LogP contribution < -0.4 is 5.32 Å². The Hall–Kier alpha value is -0.0800. The van der Waals surface area contributed by atoms with Crippen molar-refractivity contribution in [3.8, 4) is 0 Å². The van der Waals surface area contributed by atoms with Crippen LogP contribution in [0.4, 0.5) is 0 Å². The van der Waals surface area contributed by atoms with Crippen molar-refractivity contribution < 1.29 is 0 Å². The Balaban J connectivity index is 1.94. The van der Waals surface area contributed by atoms with E-state index in [-0.39, 0.29) is 0 Å². The van der Waals surface area contributed by atoms with Gasteiger partial charge >= 0.3 is 0 Å². The van der Waals surface area contributed by atoms with Crippen LogP contribution in [0.15, 0.2) is 0 Å². The van der Waals surface area contributed by atoms with E-state index in [2.05, 4.69) is 31.0 Å². The number of unbranched alkanes of at least 4 members (excludes halogenated alkanes) is 1. The molecule has 0 aromatic heterocycles. The van der Waals surface area contributed by atoms with Crippen LogP contribution in [0, 0.1) is 11.3 Å². The van der Waals surface area contributed by atoms with Gasteiger partial charge in [0, 0.05) is 19.1 Å². The van der Waals surface area contributed by atoms with E-state index >= 15 is 0 Å². The lowest BCUT2D eigenvalue weighted by Crippen LogP contribution is -2.44. The number of nitrogens with one attached hydrogen (secondary N) is 1. The van der Waals surface area contributed by atoms with Gasteiger partial charge in [-0.2, -0.15) is 0 Å². The van der Waals surface area contributed by atoms with Crippen LogP contribution in [0.1, 0.15) is 52.9 Å². The summed E-state index contributed by atoms with van der Waals surface area (Å²) in [6.45, 7) is 12.3. The molecule has 2 nitrogen and oxygen atoms in total. The molecule has 2 aliphatic rings. The van der Waals surface area contributed by atoms with Gasteiger partial charge in [-0.15, -0.1) is 0 Å². The van der Waals surface area contributed by atoms with E-state index in [9.17, 15) is 0 Å². The maximum atomic E-state index is 3.59. The van der Waals surface area contributed by atoms with Crippen LogP contribution in [0.3, 0.4) is 0 Å². The second-order valence-electron chi connectivity index (χ2n) is 6.50. The Labute approximate surface area is 107 Å². The Morgan fingerprint density at radius 3 is 2.59 bits per heavy atom. The third-order valence-corrected chi connectivity index (χ3v) is 4.88. The summed E-state index contributed by atoms with van der Waals surface area (Å²) in [4.78, 5) is 2.80. The SMILES string of the molecule is CCCCN(CC1(C(C)C)CCNC1)C1CC1. The van der Waals surface area contributed by atoms with Gasteiger partial charge in [-0.05, 0) is 50.1 Å². The zero-order chi connectivity index (χ0) is 12.3. The summed E-state index contributed by atoms with van der Waals surface area (Å²) in [5, 5.41) is 3.59. The number of hydrogen-bond acceptors (Lipinski definition) is 2. The minimum absolute atomic E-state index is 0.552. The first-order valence-corrected chi connectivity index (χ1v) is 7.63. The molecule has 1 heterocycles. The van der Waals surface area contributed by atoms with Crippen LogP contribution in [-0.2, 0) is 0 Å². The predicted octanol–water partition coefficient (Wildman–Crippen LogP) is 2.89. The van der Waals surface area contributed by atoms with Crippen molar-refractivity contribution in [2.24, 2.45) is 11.3 Å². The van der Waals surface area contributed by atoms with Gasteiger partial charge in [0.2, 0.25) is 0 Å². The minimum Gasteiger partial charge on any atom is -0.316 e. The number of nitrogens with zero attached hydrogens (tertiary/aromatic N) is 1. The zero-order valence-electron chi connectivity index (χ0n) is 12.0. The first-order valence-electron chi connectivity index (χ1n) is 7.63. The quantitative estimate of drug-likeness (QED) is 0.733. The Bertz CT molecular complexity index is 227. The Morgan fingerprint density at radius 2 is 2.12 bits per heavy atom. The fourth-order valence-electron chi connectivity index (χ4n) is 3.17. The molecule has 0 aromatic rings. The Morgan fingerprint density at radius 1 is 1.35 bits per heavy atom. The van der Waals surface area contributed by atoms with Crippen molar-refractivity contribution in [1.29, 1.82) is 0 Å². The third kappa shape index (κ3) is 3.23. The van der Waals surface area contributed by atoms with E-state index in [1.165, 1.54) is 58.3 Å². The average molecular weight is 238 g/mol. The van der Waals surface area contributed by atoms with Gasteiger partial charge in [-0.3, -0.25) is 4.90 Å². The molecular weight excluding hydrogens is 208 g/mol. The van der Waals surface area contributed by atoms with E-state index in [1.807, 2.05) is 0 Å².